The summed E-state index contributed by atoms with van der Waals surface area (Å²) in [5, 5.41) is 18.5. The predicted molar refractivity (Wildman–Crippen MR) is 134 cm³/mol. The number of carbonyl (C=O) groups excluding carboxylic acids is 1. The van der Waals surface area contributed by atoms with Gasteiger partial charge in [-0.25, -0.2) is 20.1 Å². The first-order valence-electron chi connectivity index (χ1n) is 11.8. The number of rotatable bonds is 8. The Bertz CT molecular complexity index is 1420. The molecule has 2 aliphatic rings. The van der Waals surface area contributed by atoms with Crippen molar-refractivity contribution in [2.45, 2.75) is 51.5 Å². The first-order valence-corrected chi connectivity index (χ1v) is 14.1. The van der Waals surface area contributed by atoms with Crippen molar-refractivity contribution in [1.82, 2.24) is 19.5 Å². The Morgan fingerprint density at radius 3 is 2.97 bits per heavy atom. The maximum absolute atomic E-state index is 13.6. The molecule has 0 aromatic carbocycles. The minimum atomic E-state index is -4.09. The van der Waals surface area contributed by atoms with Gasteiger partial charge in [-0.1, -0.05) is 0 Å². The number of thiophene rings is 1. The van der Waals surface area contributed by atoms with Crippen LogP contribution in [0.15, 0.2) is 24.8 Å². The molecule has 3 aromatic heterocycles. The van der Waals surface area contributed by atoms with E-state index in [9.17, 15) is 18.3 Å². The van der Waals surface area contributed by atoms with Crippen LogP contribution < -0.4 is 10.5 Å². The van der Waals surface area contributed by atoms with Crippen molar-refractivity contribution in [3.05, 3.63) is 57.2 Å². The number of aliphatic hydroxyl groups is 1. The van der Waals surface area contributed by atoms with E-state index in [0.29, 0.717) is 35.7 Å². The molecule has 5 rings (SSSR count). The van der Waals surface area contributed by atoms with Crippen LogP contribution in [0.25, 0.3) is 0 Å². The lowest BCUT2D eigenvalue weighted by Crippen LogP contribution is -2.24. The summed E-state index contributed by atoms with van der Waals surface area (Å²) >= 11 is 1.38. The van der Waals surface area contributed by atoms with E-state index >= 15 is 0 Å². The van der Waals surface area contributed by atoms with E-state index in [1.807, 2.05) is 26.1 Å². The number of carbonyl (C=O) groups is 1. The number of hydrogen-bond acceptors (Lipinski definition) is 11. The van der Waals surface area contributed by atoms with Crippen LogP contribution in [-0.4, -0.2) is 64.2 Å². The summed E-state index contributed by atoms with van der Waals surface area (Å²) in [5.74, 6) is 0.518. The molecule has 198 valence electrons. The van der Waals surface area contributed by atoms with Crippen LogP contribution in [0.2, 0.25) is 0 Å². The number of aryl methyl sites for hydroxylation is 2. The second-order valence-corrected chi connectivity index (χ2v) is 11.8. The Hall–Kier alpha value is -2.75. The maximum atomic E-state index is 13.6. The first kappa shape index (κ1) is 25.9. The fourth-order valence-electron chi connectivity index (χ4n) is 4.91. The molecule has 37 heavy (non-hydrogen) atoms. The van der Waals surface area contributed by atoms with Gasteiger partial charge in [0.15, 0.2) is 0 Å². The number of ketones is 1. The molecule has 4 atom stereocenters. The molecule has 3 aromatic rings. The molecular formula is C23H28N6O6S2. The van der Waals surface area contributed by atoms with Gasteiger partial charge >= 0.3 is 10.3 Å². The summed E-state index contributed by atoms with van der Waals surface area (Å²) in [6.45, 7) is 4.98. The molecule has 1 aliphatic heterocycles. The van der Waals surface area contributed by atoms with Gasteiger partial charge in [-0.15, -0.1) is 11.3 Å². The van der Waals surface area contributed by atoms with Crippen LogP contribution in [-0.2, 0) is 25.8 Å². The third-order valence-corrected chi connectivity index (χ3v) is 8.17. The van der Waals surface area contributed by atoms with E-state index in [1.54, 1.807) is 0 Å². The minimum absolute atomic E-state index is 0.216. The molecule has 4 heterocycles. The van der Waals surface area contributed by atoms with Crippen LogP contribution in [0, 0.1) is 19.8 Å². The van der Waals surface area contributed by atoms with Gasteiger partial charge in [-0.2, -0.15) is 8.42 Å². The minimum Gasteiger partial charge on any atom is -0.393 e. The standard InChI is InChI=1S/C23H28N6O6S2/c1-12-9-29-3-4-34-21(23(29)27-12)16-7-19(36-13(16)2)20(31)17-8-25-11-26-22(17)28-15-5-14(18(30)6-15)10-35-37(24,32)33/h7-9,11,14-15,18,21,30H,3-6,10H2,1-2H3,(H2,24,32,33)(H,25,26,28)/t14-,15-,18+,21+/m1/s1. The number of hydrogen-bond donors (Lipinski definition) is 3. The smallest absolute Gasteiger partial charge is 0.333 e. The zero-order chi connectivity index (χ0) is 26.3. The van der Waals surface area contributed by atoms with Crippen molar-refractivity contribution in [1.29, 1.82) is 0 Å². The predicted octanol–water partition coefficient (Wildman–Crippen LogP) is 1.47. The number of aromatic nitrogens is 4. The maximum Gasteiger partial charge on any atom is 0.333 e. The lowest BCUT2D eigenvalue weighted by atomic mass is 10.1. The van der Waals surface area contributed by atoms with Gasteiger partial charge in [0.1, 0.15) is 24.1 Å². The van der Waals surface area contributed by atoms with Gasteiger partial charge in [0, 0.05) is 41.3 Å². The van der Waals surface area contributed by atoms with Crippen LogP contribution in [0.4, 0.5) is 5.82 Å². The molecule has 0 spiro atoms. The van der Waals surface area contributed by atoms with Crippen LogP contribution in [0.1, 0.15) is 56.1 Å². The van der Waals surface area contributed by atoms with E-state index < -0.39 is 22.3 Å². The largest absolute Gasteiger partial charge is 0.393 e. The molecule has 1 fully saturated rings. The zero-order valence-corrected chi connectivity index (χ0v) is 22.0. The lowest BCUT2D eigenvalue weighted by Gasteiger charge is -2.24. The molecule has 12 nitrogen and oxygen atoms in total. The highest BCUT2D eigenvalue weighted by atomic mass is 32.2. The fourth-order valence-corrected chi connectivity index (χ4v) is 6.28. The molecule has 0 saturated heterocycles. The third-order valence-electron chi connectivity index (χ3n) is 6.64. The highest BCUT2D eigenvalue weighted by Crippen LogP contribution is 2.36. The summed E-state index contributed by atoms with van der Waals surface area (Å²) in [5.41, 5.74) is 2.13. The summed E-state index contributed by atoms with van der Waals surface area (Å²) in [7, 11) is -4.09. The summed E-state index contributed by atoms with van der Waals surface area (Å²) in [4.78, 5) is 28.0. The molecule has 14 heteroatoms. The second-order valence-electron chi connectivity index (χ2n) is 9.34. The topological polar surface area (TPSA) is 172 Å². The van der Waals surface area contributed by atoms with E-state index in [1.165, 1.54) is 23.9 Å². The molecular weight excluding hydrogens is 520 g/mol. The Labute approximate surface area is 218 Å². The van der Waals surface area contributed by atoms with E-state index in [-0.39, 0.29) is 24.5 Å². The van der Waals surface area contributed by atoms with Gasteiger partial charge < -0.3 is 19.7 Å². The molecule has 0 radical (unpaired) electrons. The van der Waals surface area contributed by atoms with E-state index in [0.717, 1.165) is 28.5 Å². The molecule has 4 N–H and O–H groups in total. The average Bonchev–Trinajstić information content (AvgIpc) is 3.52. The number of anilines is 1. The van der Waals surface area contributed by atoms with Crippen molar-refractivity contribution in [3.8, 4) is 0 Å². The van der Waals surface area contributed by atoms with Gasteiger partial charge in [0.25, 0.3) is 0 Å². The van der Waals surface area contributed by atoms with Gasteiger partial charge in [-0.05, 0) is 32.8 Å². The molecule has 1 saturated carbocycles. The van der Waals surface area contributed by atoms with Crippen LogP contribution in [0.3, 0.4) is 0 Å². The lowest BCUT2D eigenvalue weighted by molar-refractivity contribution is 0.0429. The summed E-state index contributed by atoms with van der Waals surface area (Å²) < 4.78 is 35.0. The second kappa shape index (κ2) is 10.2. The van der Waals surface area contributed by atoms with Gasteiger partial charge in [-0.3, -0.25) is 8.98 Å². The zero-order valence-electron chi connectivity index (χ0n) is 20.3. The number of fused-ring (bicyclic) bond motifs is 1. The van der Waals surface area contributed by atoms with Crippen LogP contribution in [0.5, 0.6) is 0 Å². The monoisotopic (exact) mass is 548 g/mol. The number of aliphatic hydroxyl groups excluding tert-OH is 1. The van der Waals surface area contributed by atoms with Gasteiger partial charge in [0.2, 0.25) is 5.78 Å². The Kier molecular flexibility index (Phi) is 7.13. The van der Waals surface area contributed by atoms with Crippen molar-refractivity contribution < 1.29 is 27.2 Å². The van der Waals surface area contributed by atoms with E-state index in [2.05, 4.69) is 29.0 Å². The number of imidazole rings is 1. The Morgan fingerprint density at radius 2 is 2.19 bits per heavy atom. The molecule has 1 aliphatic carbocycles. The Balaban J connectivity index is 1.34. The third kappa shape index (κ3) is 5.58. The molecule has 0 amide bonds. The highest BCUT2D eigenvalue weighted by molar-refractivity contribution is 7.84. The van der Waals surface area contributed by atoms with E-state index in [4.69, 9.17) is 9.88 Å². The van der Waals surface area contributed by atoms with Crippen molar-refractivity contribution >= 4 is 33.2 Å². The summed E-state index contributed by atoms with van der Waals surface area (Å²) in [6.07, 6.45) is 4.44. The number of nitrogens with one attached hydrogen (secondary N) is 1. The average molecular weight is 549 g/mol. The fraction of sp³-hybridized carbons (Fsp3) is 0.478. The number of ether oxygens (including phenoxy) is 1. The Morgan fingerprint density at radius 1 is 1.38 bits per heavy atom. The molecule has 0 bridgehead atoms. The quantitative estimate of drug-likeness (QED) is 0.350. The van der Waals surface area contributed by atoms with Crippen molar-refractivity contribution in [2.75, 3.05) is 18.5 Å². The number of nitrogens with two attached hydrogens (primary N) is 1. The van der Waals surface area contributed by atoms with Crippen molar-refractivity contribution in [3.63, 3.8) is 0 Å². The van der Waals surface area contributed by atoms with Gasteiger partial charge in [0.05, 0.1) is 35.5 Å². The number of nitrogens with zero attached hydrogens (tertiary/aromatic N) is 4. The molecule has 0 unspecified atom stereocenters. The normalized spacial score (nSPS) is 23.7. The first-order chi connectivity index (χ1) is 17.6. The highest BCUT2D eigenvalue weighted by Gasteiger charge is 2.35. The SMILES string of the molecule is Cc1cn2c(n1)[C@H](c1cc(C(=O)c3cncnc3N[C@@H]3C[C@H](COS(N)(=O)=O)[C@@H](O)C3)sc1C)OCC2. The van der Waals surface area contributed by atoms with Crippen molar-refractivity contribution in [2.24, 2.45) is 11.1 Å². The van der Waals surface area contributed by atoms with Crippen LogP contribution >= 0.6 is 11.3 Å². The summed E-state index contributed by atoms with van der Waals surface area (Å²) in [6, 6.07) is 1.60.